The molecule has 0 aliphatic heterocycles. The summed E-state index contributed by atoms with van der Waals surface area (Å²) in [5.74, 6) is 1.06. The van der Waals surface area contributed by atoms with E-state index < -0.39 is 10.0 Å². The van der Waals surface area contributed by atoms with Crippen molar-refractivity contribution in [3.63, 3.8) is 0 Å². The SMILES string of the molecule is CNCc1c(C)oc(C)c1S(=O)(=O)NCC(C)(C)N(C)C. The van der Waals surface area contributed by atoms with Crippen LogP contribution < -0.4 is 10.0 Å². The number of nitrogens with one attached hydrogen (secondary N) is 2. The highest BCUT2D eigenvalue weighted by atomic mass is 32.2. The lowest BCUT2D eigenvalue weighted by Gasteiger charge is -2.32. The molecular formula is C14H27N3O3S. The van der Waals surface area contributed by atoms with Gasteiger partial charge in [-0.3, -0.25) is 0 Å². The summed E-state index contributed by atoms with van der Waals surface area (Å²) in [6.45, 7) is 8.21. The fraction of sp³-hybridized carbons (Fsp3) is 0.714. The molecular weight excluding hydrogens is 290 g/mol. The third-order valence-corrected chi connectivity index (χ3v) is 5.45. The van der Waals surface area contributed by atoms with Crippen LogP contribution in [0.25, 0.3) is 0 Å². The molecule has 122 valence electrons. The highest BCUT2D eigenvalue weighted by Gasteiger charge is 2.29. The lowest BCUT2D eigenvalue weighted by atomic mass is 10.1. The van der Waals surface area contributed by atoms with Crippen molar-refractivity contribution < 1.29 is 12.8 Å². The summed E-state index contributed by atoms with van der Waals surface area (Å²) in [4.78, 5) is 2.24. The van der Waals surface area contributed by atoms with Gasteiger partial charge in [0.1, 0.15) is 16.4 Å². The van der Waals surface area contributed by atoms with E-state index in [4.69, 9.17) is 4.42 Å². The Bertz CT molecular complexity index is 589. The van der Waals surface area contributed by atoms with E-state index in [2.05, 4.69) is 10.0 Å². The second-order valence-electron chi connectivity index (χ2n) is 6.08. The Kier molecular flexibility index (Phi) is 5.60. The number of sulfonamides is 1. The molecule has 0 aromatic carbocycles. The molecule has 0 aliphatic rings. The standard InChI is InChI=1S/C14H27N3O3S/c1-10-12(8-15-5)13(11(2)20-10)21(18,19)16-9-14(3,4)17(6)7/h15-16H,8-9H2,1-7H3. The van der Waals surface area contributed by atoms with Crippen LogP contribution in [-0.4, -0.2) is 46.5 Å². The largest absolute Gasteiger partial charge is 0.465 e. The van der Waals surface area contributed by atoms with Gasteiger partial charge in [0, 0.05) is 24.2 Å². The quantitative estimate of drug-likeness (QED) is 0.791. The molecule has 0 saturated heterocycles. The lowest BCUT2D eigenvalue weighted by Crippen LogP contribution is -2.48. The molecule has 0 amide bonds. The second kappa shape index (κ2) is 6.48. The van der Waals surface area contributed by atoms with Crippen molar-refractivity contribution in [1.29, 1.82) is 0 Å². The molecule has 0 spiro atoms. The maximum Gasteiger partial charge on any atom is 0.244 e. The number of rotatable bonds is 7. The molecule has 0 bridgehead atoms. The van der Waals surface area contributed by atoms with Crippen LogP contribution in [0.15, 0.2) is 9.31 Å². The smallest absolute Gasteiger partial charge is 0.244 e. The lowest BCUT2D eigenvalue weighted by molar-refractivity contribution is 0.199. The second-order valence-corrected chi connectivity index (χ2v) is 7.79. The third-order valence-electron chi connectivity index (χ3n) is 3.85. The van der Waals surface area contributed by atoms with Crippen molar-refractivity contribution in [2.24, 2.45) is 0 Å². The topological polar surface area (TPSA) is 74.6 Å². The monoisotopic (exact) mass is 317 g/mol. The zero-order valence-corrected chi connectivity index (χ0v) is 14.8. The van der Waals surface area contributed by atoms with Crippen LogP contribution in [0.5, 0.6) is 0 Å². The summed E-state index contributed by atoms with van der Waals surface area (Å²) in [6.07, 6.45) is 0. The molecule has 0 atom stereocenters. The predicted octanol–water partition coefficient (Wildman–Crippen LogP) is 1.23. The van der Waals surface area contributed by atoms with E-state index in [0.29, 0.717) is 30.2 Å². The van der Waals surface area contributed by atoms with E-state index in [1.165, 1.54) is 0 Å². The molecule has 1 aromatic rings. The minimum absolute atomic E-state index is 0.254. The summed E-state index contributed by atoms with van der Waals surface area (Å²) < 4.78 is 33.4. The summed E-state index contributed by atoms with van der Waals surface area (Å²) >= 11 is 0. The zero-order valence-electron chi connectivity index (χ0n) is 14.0. The first-order valence-corrected chi connectivity index (χ1v) is 8.42. The van der Waals surface area contributed by atoms with Crippen LogP contribution in [0.4, 0.5) is 0 Å². The van der Waals surface area contributed by atoms with Crippen molar-refractivity contribution in [3.05, 3.63) is 17.1 Å². The van der Waals surface area contributed by atoms with E-state index in [1.54, 1.807) is 20.9 Å². The van der Waals surface area contributed by atoms with Crippen LogP contribution in [0, 0.1) is 13.8 Å². The molecule has 0 fully saturated rings. The van der Waals surface area contributed by atoms with Crippen molar-refractivity contribution in [2.45, 2.75) is 44.7 Å². The molecule has 1 heterocycles. The number of hydrogen-bond acceptors (Lipinski definition) is 5. The normalized spacial score (nSPS) is 13.1. The first kappa shape index (κ1) is 18.2. The van der Waals surface area contributed by atoms with E-state index >= 15 is 0 Å². The van der Waals surface area contributed by atoms with Gasteiger partial charge in [0.25, 0.3) is 0 Å². The molecule has 0 saturated carbocycles. The van der Waals surface area contributed by atoms with Gasteiger partial charge in [-0.25, -0.2) is 13.1 Å². The first-order valence-electron chi connectivity index (χ1n) is 6.93. The van der Waals surface area contributed by atoms with Crippen LogP contribution in [0.2, 0.25) is 0 Å². The summed E-state index contributed by atoms with van der Waals surface area (Å²) in [5, 5.41) is 2.98. The fourth-order valence-corrected chi connectivity index (χ4v) is 3.59. The number of furan rings is 1. The Morgan fingerprint density at radius 3 is 2.24 bits per heavy atom. The maximum atomic E-state index is 12.6. The number of likely N-dealkylation sites (N-methyl/N-ethyl adjacent to an activating group) is 1. The van der Waals surface area contributed by atoms with E-state index in [0.717, 1.165) is 0 Å². The highest BCUT2D eigenvalue weighted by Crippen LogP contribution is 2.26. The van der Waals surface area contributed by atoms with E-state index in [9.17, 15) is 8.42 Å². The van der Waals surface area contributed by atoms with Gasteiger partial charge in [0.05, 0.1) is 0 Å². The zero-order chi connectivity index (χ0) is 16.4. The molecule has 2 N–H and O–H groups in total. The van der Waals surface area contributed by atoms with E-state index in [1.807, 2.05) is 32.8 Å². The Morgan fingerprint density at radius 1 is 1.19 bits per heavy atom. The molecule has 1 aromatic heterocycles. The Labute approximate surface area is 127 Å². The van der Waals surface area contributed by atoms with Crippen LogP contribution in [-0.2, 0) is 16.6 Å². The summed E-state index contributed by atoms with van der Waals surface area (Å²) in [6, 6.07) is 0. The van der Waals surface area contributed by atoms with Gasteiger partial charge in [-0.1, -0.05) is 0 Å². The third kappa shape index (κ3) is 4.06. The van der Waals surface area contributed by atoms with E-state index in [-0.39, 0.29) is 10.4 Å². The average Bonchev–Trinajstić information content (AvgIpc) is 2.63. The Hall–Kier alpha value is -0.890. The van der Waals surface area contributed by atoms with Crippen LogP contribution in [0.1, 0.15) is 30.9 Å². The van der Waals surface area contributed by atoms with Gasteiger partial charge in [-0.05, 0) is 48.8 Å². The molecule has 1 rings (SSSR count). The highest BCUT2D eigenvalue weighted by molar-refractivity contribution is 7.89. The molecule has 21 heavy (non-hydrogen) atoms. The first-order chi connectivity index (χ1) is 9.53. The van der Waals surface area contributed by atoms with Gasteiger partial charge in [-0.15, -0.1) is 0 Å². The average molecular weight is 317 g/mol. The van der Waals surface area contributed by atoms with Gasteiger partial charge >= 0.3 is 0 Å². The number of nitrogens with zero attached hydrogens (tertiary/aromatic N) is 1. The van der Waals surface area contributed by atoms with Crippen LogP contribution in [0.3, 0.4) is 0 Å². The van der Waals surface area contributed by atoms with Gasteiger partial charge in [0.15, 0.2) is 0 Å². The summed E-state index contributed by atoms with van der Waals surface area (Å²) in [5.41, 5.74) is 0.410. The van der Waals surface area contributed by atoms with Crippen molar-refractivity contribution in [2.75, 3.05) is 27.7 Å². The van der Waals surface area contributed by atoms with Gasteiger partial charge in [-0.2, -0.15) is 0 Å². The number of aryl methyl sites for hydroxylation is 2. The minimum atomic E-state index is -3.60. The molecule has 0 unspecified atom stereocenters. The van der Waals surface area contributed by atoms with Gasteiger partial charge < -0.3 is 14.6 Å². The maximum absolute atomic E-state index is 12.6. The molecule has 6 nitrogen and oxygen atoms in total. The Balaban J connectivity index is 3.09. The van der Waals surface area contributed by atoms with Crippen molar-refractivity contribution in [3.8, 4) is 0 Å². The van der Waals surface area contributed by atoms with Crippen molar-refractivity contribution in [1.82, 2.24) is 14.9 Å². The molecule has 0 aliphatic carbocycles. The van der Waals surface area contributed by atoms with Crippen LogP contribution >= 0.6 is 0 Å². The van der Waals surface area contributed by atoms with Crippen molar-refractivity contribution >= 4 is 10.0 Å². The fourth-order valence-electron chi connectivity index (χ4n) is 1.94. The minimum Gasteiger partial charge on any atom is -0.465 e. The summed E-state index contributed by atoms with van der Waals surface area (Å²) in [7, 11) is 2.03. The molecule has 0 radical (unpaired) electrons. The predicted molar refractivity (Wildman–Crippen MR) is 83.9 cm³/mol. The molecule has 7 heteroatoms. The Morgan fingerprint density at radius 2 is 1.76 bits per heavy atom. The number of hydrogen-bond donors (Lipinski definition) is 2. The van der Waals surface area contributed by atoms with Gasteiger partial charge in [0.2, 0.25) is 10.0 Å².